The van der Waals surface area contributed by atoms with E-state index in [1.54, 1.807) is 19.1 Å². The van der Waals surface area contributed by atoms with Crippen molar-refractivity contribution in [1.29, 1.82) is 0 Å². The number of carbonyl (C=O) groups excluding carboxylic acids is 4. The summed E-state index contributed by atoms with van der Waals surface area (Å²) in [6.45, 7) is 5.04. The highest BCUT2D eigenvalue weighted by Crippen LogP contribution is 2.31. The summed E-state index contributed by atoms with van der Waals surface area (Å²) in [5.41, 5.74) is 2.88. The van der Waals surface area contributed by atoms with E-state index in [0.29, 0.717) is 10.7 Å². The zero-order valence-electron chi connectivity index (χ0n) is 17.5. The Morgan fingerprint density at radius 3 is 2.31 bits per heavy atom. The van der Waals surface area contributed by atoms with Gasteiger partial charge in [-0.2, -0.15) is 0 Å². The summed E-state index contributed by atoms with van der Waals surface area (Å²) in [6, 6.07) is 9.64. The Labute approximate surface area is 187 Å². The molecule has 0 atom stereocenters. The van der Waals surface area contributed by atoms with Crippen molar-refractivity contribution in [2.45, 2.75) is 20.8 Å². The summed E-state index contributed by atoms with van der Waals surface area (Å²) in [4.78, 5) is 50.9. The molecule has 0 fully saturated rings. The van der Waals surface area contributed by atoms with Gasteiger partial charge >= 0.3 is 5.97 Å². The summed E-state index contributed by atoms with van der Waals surface area (Å²) in [5.74, 6) is -2.40. The number of ether oxygens (including phenoxy) is 1. The highest BCUT2D eigenvalue weighted by Gasteiger charge is 2.39. The largest absolute Gasteiger partial charge is 0.452 e. The lowest BCUT2D eigenvalue weighted by Crippen LogP contribution is -2.29. The second-order valence-corrected chi connectivity index (χ2v) is 8.47. The number of imide groups is 1. The van der Waals surface area contributed by atoms with Gasteiger partial charge in [0.2, 0.25) is 5.13 Å². The van der Waals surface area contributed by atoms with Crippen LogP contribution in [0, 0.1) is 20.8 Å². The number of amides is 3. The maximum Gasteiger partial charge on any atom is 0.338 e. The van der Waals surface area contributed by atoms with Gasteiger partial charge in [-0.25, -0.2) is 9.69 Å². The number of anilines is 2. The zero-order valence-corrected chi connectivity index (χ0v) is 18.3. The van der Waals surface area contributed by atoms with E-state index in [1.807, 2.05) is 19.9 Å². The molecular weight excluding hydrogens is 432 g/mol. The van der Waals surface area contributed by atoms with Gasteiger partial charge in [0.25, 0.3) is 17.7 Å². The van der Waals surface area contributed by atoms with Gasteiger partial charge in [0.05, 0.1) is 16.7 Å². The molecule has 162 valence electrons. The lowest BCUT2D eigenvalue weighted by atomic mass is 10.1. The van der Waals surface area contributed by atoms with Crippen LogP contribution in [0.2, 0.25) is 0 Å². The molecule has 4 rings (SSSR count). The fourth-order valence-electron chi connectivity index (χ4n) is 3.38. The average Bonchev–Trinajstić information content (AvgIpc) is 3.26. The highest BCUT2D eigenvalue weighted by atomic mass is 32.1. The summed E-state index contributed by atoms with van der Waals surface area (Å²) in [7, 11) is 0. The van der Waals surface area contributed by atoms with Crippen LogP contribution in [0.5, 0.6) is 0 Å². The SMILES string of the molecule is Cc1cc(C)cc(NC(=O)COC(=O)c2ccc3c(c2)C(=O)N(c2nnc(C)s2)C3=O)c1. The van der Waals surface area contributed by atoms with Crippen molar-refractivity contribution in [2.24, 2.45) is 0 Å². The Hall–Kier alpha value is -3.92. The molecule has 0 bridgehead atoms. The molecule has 1 aliphatic rings. The standard InChI is InChI=1S/C22H18N4O5S/c1-11-6-12(2)8-15(7-11)23-18(27)10-31-21(30)14-4-5-16-17(9-14)20(29)26(19(16)28)22-25-24-13(3)32-22/h4-9H,10H2,1-3H3,(H,23,27). The molecule has 0 unspecified atom stereocenters. The third kappa shape index (κ3) is 4.12. The summed E-state index contributed by atoms with van der Waals surface area (Å²) < 4.78 is 5.08. The summed E-state index contributed by atoms with van der Waals surface area (Å²) in [5, 5.41) is 11.1. The van der Waals surface area contributed by atoms with Crippen LogP contribution in [0.4, 0.5) is 10.8 Å². The number of nitrogens with one attached hydrogen (secondary N) is 1. The van der Waals surface area contributed by atoms with E-state index in [4.69, 9.17) is 4.74 Å². The van der Waals surface area contributed by atoms with Gasteiger partial charge in [-0.1, -0.05) is 17.4 Å². The minimum Gasteiger partial charge on any atom is -0.452 e. The van der Waals surface area contributed by atoms with Crippen LogP contribution in [0.1, 0.15) is 47.2 Å². The Balaban J connectivity index is 1.44. The number of rotatable bonds is 5. The number of esters is 1. The minimum absolute atomic E-state index is 0.0550. The summed E-state index contributed by atoms with van der Waals surface area (Å²) in [6.07, 6.45) is 0. The molecule has 0 spiro atoms. The number of carbonyl (C=O) groups is 4. The topological polar surface area (TPSA) is 119 Å². The average molecular weight is 450 g/mol. The van der Waals surface area contributed by atoms with Gasteiger partial charge < -0.3 is 10.1 Å². The van der Waals surface area contributed by atoms with Gasteiger partial charge in [-0.3, -0.25) is 14.4 Å². The first-order valence-corrected chi connectivity index (χ1v) is 10.4. The highest BCUT2D eigenvalue weighted by molar-refractivity contribution is 7.15. The van der Waals surface area contributed by atoms with E-state index in [-0.39, 0.29) is 21.8 Å². The second-order valence-electron chi connectivity index (χ2n) is 7.31. The fourth-order valence-corrected chi connectivity index (χ4v) is 4.06. The molecule has 2 heterocycles. The molecule has 10 heteroatoms. The molecule has 1 aromatic heterocycles. The van der Waals surface area contributed by atoms with E-state index in [0.717, 1.165) is 27.4 Å². The maximum atomic E-state index is 12.7. The molecule has 3 aromatic rings. The molecule has 9 nitrogen and oxygen atoms in total. The van der Waals surface area contributed by atoms with Crippen LogP contribution in [-0.4, -0.2) is 40.5 Å². The molecule has 3 amide bonds. The molecule has 32 heavy (non-hydrogen) atoms. The maximum absolute atomic E-state index is 12.7. The van der Waals surface area contributed by atoms with Crippen molar-refractivity contribution in [2.75, 3.05) is 16.8 Å². The lowest BCUT2D eigenvalue weighted by Gasteiger charge is -2.09. The first kappa shape index (κ1) is 21.3. The first-order chi connectivity index (χ1) is 15.2. The van der Waals surface area contributed by atoms with Crippen LogP contribution in [0.25, 0.3) is 0 Å². The van der Waals surface area contributed by atoms with Crippen LogP contribution < -0.4 is 10.2 Å². The van der Waals surface area contributed by atoms with Gasteiger partial charge in [-0.05, 0) is 62.2 Å². The smallest absolute Gasteiger partial charge is 0.338 e. The number of hydrogen-bond acceptors (Lipinski definition) is 8. The van der Waals surface area contributed by atoms with Crippen molar-refractivity contribution in [3.05, 3.63) is 69.2 Å². The van der Waals surface area contributed by atoms with Gasteiger partial charge in [0.1, 0.15) is 5.01 Å². The van der Waals surface area contributed by atoms with E-state index >= 15 is 0 Å². The quantitative estimate of drug-likeness (QED) is 0.469. The molecule has 1 N–H and O–H groups in total. The third-order valence-electron chi connectivity index (χ3n) is 4.67. The molecule has 0 aliphatic carbocycles. The number of hydrogen-bond donors (Lipinski definition) is 1. The number of nitrogens with zero attached hydrogens (tertiary/aromatic N) is 3. The van der Waals surface area contributed by atoms with Gasteiger partial charge in [-0.15, -0.1) is 10.2 Å². The molecule has 2 aromatic carbocycles. The first-order valence-electron chi connectivity index (χ1n) is 9.61. The molecule has 0 radical (unpaired) electrons. The van der Waals surface area contributed by atoms with Crippen molar-refractivity contribution < 1.29 is 23.9 Å². The molecule has 1 aliphatic heterocycles. The van der Waals surface area contributed by atoms with E-state index in [9.17, 15) is 19.2 Å². The molecule has 0 saturated heterocycles. The monoisotopic (exact) mass is 450 g/mol. The fraction of sp³-hybridized carbons (Fsp3) is 0.182. The Morgan fingerprint density at radius 2 is 1.66 bits per heavy atom. The van der Waals surface area contributed by atoms with Crippen molar-refractivity contribution >= 4 is 45.8 Å². The van der Waals surface area contributed by atoms with E-state index in [2.05, 4.69) is 15.5 Å². The second kappa shape index (κ2) is 8.31. The number of benzene rings is 2. The Bertz CT molecular complexity index is 1260. The predicted octanol–water partition coefficient (Wildman–Crippen LogP) is 3.06. The number of aryl methyl sites for hydroxylation is 3. The van der Waals surface area contributed by atoms with Gasteiger partial charge in [0, 0.05) is 5.69 Å². The van der Waals surface area contributed by atoms with E-state index < -0.39 is 30.3 Å². The van der Waals surface area contributed by atoms with Crippen molar-refractivity contribution in [3.63, 3.8) is 0 Å². The van der Waals surface area contributed by atoms with E-state index in [1.165, 1.54) is 18.2 Å². The minimum atomic E-state index is -0.783. The number of fused-ring (bicyclic) bond motifs is 1. The zero-order chi connectivity index (χ0) is 23.0. The summed E-state index contributed by atoms with van der Waals surface area (Å²) >= 11 is 1.11. The van der Waals surface area contributed by atoms with Crippen LogP contribution >= 0.6 is 11.3 Å². The van der Waals surface area contributed by atoms with Crippen LogP contribution in [-0.2, 0) is 9.53 Å². The third-order valence-corrected chi connectivity index (χ3v) is 5.49. The number of aromatic nitrogens is 2. The van der Waals surface area contributed by atoms with Crippen LogP contribution in [0.15, 0.2) is 36.4 Å². The normalized spacial score (nSPS) is 12.7. The lowest BCUT2D eigenvalue weighted by molar-refractivity contribution is -0.119. The molecular formula is C22H18N4O5S. The van der Waals surface area contributed by atoms with Crippen LogP contribution in [0.3, 0.4) is 0 Å². The molecule has 0 saturated carbocycles. The predicted molar refractivity (Wildman–Crippen MR) is 117 cm³/mol. The Morgan fingerprint density at radius 1 is 0.969 bits per heavy atom. The van der Waals surface area contributed by atoms with Crippen molar-refractivity contribution in [3.8, 4) is 0 Å². The Kier molecular flexibility index (Phi) is 5.54. The van der Waals surface area contributed by atoms with Gasteiger partial charge in [0.15, 0.2) is 6.61 Å². The van der Waals surface area contributed by atoms with Crippen molar-refractivity contribution in [1.82, 2.24) is 10.2 Å².